The zero-order valence-electron chi connectivity index (χ0n) is 12.5. The summed E-state index contributed by atoms with van der Waals surface area (Å²) in [6, 6.07) is 10.2. The lowest BCUT2D eigenvalue weighted by molar-refractivity contribution is 0.0739. The maximum Gasteiger partial charge on any atom is 0.289 e. The molecule has 0 aliphatic rings. The number of hydrogen-bond donors (Lipinski definition) is 0. The van der Waals surface area contributed by atoms with Gasteiger partial charge in [0.15, 0.2) is 5.76 Å². The van der Waals surface area contributed by atoms with Crippen molar-refractivity contribution < 1.29 is 13.4 Å². The van der Waals surface area contributed by atoms with Gasteiger partial charge >= 0.3 is 0 Å². The maximum absolute atomic E-state index is 12.3. The molecule has 0 unspecified atom stereocenters. The van der Waals surface area contributed by atoms with Crippen molar-refractivity contribution in [1.29, 1.82) is 0 Å². The smallest absolute Gasteiger partial charge is 0.289 e. The van der Waals surface area contributed by atoms with Crippen molar-refractivity contribution in [3.8, 4) is 0 Å². The fraction of sp³-hybridized carbons (Fsp3) is 0.312. The lowest BCUT2D eigenvalue weighted by Crippen LogP contribution is -2.30. The monoisotopic (exact) mass is 339 g/mol. The Bertz CT molecular complexity index is 662. The first kappa shape index (κ1) is 16.8. The Morgan fingerprint density at radius 3 is 2.36 bits per heavy atom. The molecular weight excluding hydrogens is 322 g/mol. The Balaban J connectivity index is 2.07. The summed E-state index contributed by atoms with van der Waals surface area (Å²) in [5.74, 6) is 0.900. The molecule has 0 bridgehead atoms. The zero-order valence-corrected chi connectivity index (χ0v) is 14.1. The highest BCUT2D eigenvalue weighted by Gasteiger charge is 2.17. The van der Waals surface area contributed by atoms with Gasteiger partial charge in [-0.3, -0.25) is 9.00 Å². The molecule has 2 aromatic rings. The van der Waals surface area contributed by atoms with E-state index in [1.54, 1.807) is 41.3 Å². The number of benzene rings is 1. The van der Waals surface area contributed by atoms with E-state index in [1.807, 2.05) is 13.8 Å². The topological polar surface area (TPSA) is 50.5 Å². The van der Waals surface area contributed by atoms with Crippen LogP contribution in [0.4, 0.5) is 0 Å². The van der Waals surface area contributed by atoms with Crippen LogP contribution in [0.5, 0.6) is 0 Å². The van der Waals surface area contributed by atoms with Gasteiger partial charge in [0, 0.05) is 23.0 Å². The van der Waals surface area contributed by atoms with Crippen molar-refractivity contribution in [1.82, 2.24) is 4.90 Å². The number of halogens is 1. The molecule has 0 N–H and O–H groups in total. The first-order valence-corrected chi connectivity index (χ1v) is 8.76. The number of amides is 1. The molecule has 0 aliphatic heterocycles. The second kappa shape index (κ2) is 7.61. The molecule has 4 nitrogen and oxygen atoms in total. The number of rotatable bonds is 6. The fourth-order valence-electron chi connectivity index (χ4n) is 2.04. The predicted octanol–water partition coefficient (Wildman–Crippen LogP) is 3.72. The Hall–Kier alpha value is -1.59. The van der Waals surface area contributed by atoms with E-state index in [2.05, 4.69) is 0 Å². The average molecular weight is 340 g/mol. The molecule has 118 valence electrons. The molecule has 1 atom stereocenters. The van der Waals surface area contributed by atoms with Crippen molar-refractivity contribution in [2.75, 3.05) is 13.1 Å². The number of carbonyl (C=O) groups excluding carboxylic acids is 1. The average Bonchev–Trinajstić information content (AvgIpc) is 2.97. The third kappa shape index (κ3) is 3.99. The van der Waals surface area contributed by atoms with E-state index in [0.717, 1.165) is 0 Å². The lowest BCUT2D eigenvalue weighted by Gasteiger charge is -2.16. The molecule has 0 radical (unpaired) electrons. The minimum Gasteiger partial charge on any atom is -0.455 e. The van der Waals surface area contributed by atoms with Gasteiger partial charge in [-0.25, -0.2) is 0 Å². The van der Waals surface area contributed by atoms with Crippen LogP contribution in [-0.2, 0) is 16.6 Å². The van der Waals surface area contributed by atoms with Crippen LogP contribution in [0.15, 0.2) is 45.7 Å². The van der Waals surface area contributed by atoms with Crippen molar-refractivity contribution in [3.63, 3.8) is 0 Å². The molecule has 0 fully saturated rings. The summed E-state index contributed by atoms with van der Waals surface area (Å²) < 4.78 is 17.8. The molecular formula is C16H18ClNO3S. The number of carbonyl (C=O) groups is 1. The van der Waals surface area contributed by atoms with Crippen LogP contribution >= 0.6 is 11.6 Å². The number of hydrogen-bond acceptors (Lipinski definition) is 3. The first-order chi connectivity index (χ1) is 10.5. The largest absolute Gasteiger partial charge is 0.455 e. The second-order valence-corrected chi connectivity index (χ2v) is 6.57. The standard InChI is InChI=1S/C16H18ClNO3S/c1-3-18(4-2)16(19)15-10-7-13(21-15)11-22(20)14-8-5-12(17)6-9-14/h5-10H,3-4,11H2,1-2H3/t22-/m1/s1. The molecule has 0 saturated carbocycles. The number of nitrogens with zero attached hydrogens (tertiary/aromatic N) is 1. The van der Waals surface area contributed by atoms with Gasteiger partial charge < -0.3 is 9.32 Å². The molecule has 1 aromatic heterocycles. The van der Waals surface area contributed by atoms with Gasteiger partial charge in [-0.15, -0.1) is 0 Å². The van der Waals surface area contributed by atoms with E-state index in [4.69, 9.17) is 16.0 Å². The lowest BCUT2D eigenvalue weighted by atomic mass is 10.3. The van der Waals surface area contributed by atoms with Crippen LogP contribution in [0.25, 0.3) is 0 Å². The highest BCUT2D eigenvalue weighted by atomic mass is 35.5. The van der Waals surface area contributed by atoms with Gasteiger partial charge in [0.2, 0.25) is 0 Å². The molecule has 1 amide bonds. The van der Waals surface area contributed by atoms with E-state index in [-0.39, 0.29) is 17.4 Å². The van der Waals surface area contributed by atoms with Crippen molar-refractivity contribution in [2.45, 2.75) is 24.5 Å². The summed E-state index contributed by atoms with van der Waals surface area (Å²) in [5.41, 5.74) is 0. The molecule has 6 heteroatoms. The van der Waals surface area contributed by atoms with Gasteiger partial charge in [-0.2, -0.15) is 0 Å². The Kier molecular flexibility index (Phi) is 5.80. The fourth-order valence-corrected chi connectivity index (χ4v) is 3.18. The summed E-state index contributed by atoms with van der Waals surface area (Å²) in [5, 5.41) is 0.603. The Labute approximate surface area is 137 Å². The van der Waals surface area contributed by atoms with Crippen LogP contribution in [-0.4, -0.2) is 28.1 Å². The first-order valence-electron chi connectivity index (χ1n) is 7.07. The summed E-state index contributed by atoms with van der Waals surface area (Å²) in [6.07, 6.45) is 0. The maximum atomic E-state index is 12.3. The van der Waals surface area contributed by atoms with E-state index >= 15 is 0 Å². The van der Waals surface area contributed by atoms with Crippen LogP contribution in [0.1, 0.15) is 30.2 Å². The normalized spacial score (nSPS) is 12.1. The van der Waals surface area contributed by atoms with E-state index in [1.165, 1.54) is 0 Å². The molecule has 22 heavy (non-hydrogen) atoms. The summed E-state index contributed by atoms with van der Waals surface area (Å²) in [7, 11) is -1.23. The zero-order chi connectivity index (χ0) is 16.1. The van der Waals surface area contributed by atoms with Gasteiger partial charge in [0.25, 0.3) is 5.91 Å². The molecule has 2 rings (SSSR count). The quantitative estimate of drug-likeness (QED) is 0.805. The van der Waals surface area contributed by atoms with Gasteiger partial charge in [-0.05, 0) is 50.2 Å². The van der Waals surface area contributed by atoms with Crippen LogP contribution in [0, 0.1) is 0 Å². The highest BCUT2D eigenvalue weighted by Crippen LogP contribution is 2.18. The third-order valence-electron chi connectivity index (χ3n) is 3.27. The third-order valence-corrected chi connectivity index (χ3v) is 4.87. The van der Waals surface area contributed by atoms with Crippen molar-refractivity contribution in [2.24, 2.45) is 0 Å². The molecule has 0 spiro atoms. The minimum absolute atomic E-state index is 0.145. The number of furan rings is 1. The van der Waals surface area contributed by atoms with Gasteiger partial charge in [0.05, 0.1) is 16.6 Å². The van der Waals surface area contributed by atoms with Crippen LogP contribution in [0.3, 0.4) is 0 Å². The molecule has 0 aliphatic carbocycles. The summed E-state index contributed by atoms with van der Waals surface area (Å²) in [4.78, 5) is 14.5. The Morgan fingerprint density at radius 1 is 1.14 bits per heavy atom. The van der Waals surface area contributed by atoms with Crippen molar-refractivity contribution in [3.05, 3.63) is 52.9 Å². The highest BCUT2D eigenvalue weighted by molar-refractivity contribution is 7.84. The second-order valence-electron chi connectivity index (χ2n) is 4.69. The van der Waals surface area contributed by atoms with Crippen molar-refractivity contribution >= 4 is 28.3 Å². The van der Waals surface area contributed by atoms with E-state index < -0.39 is 10.8 Å². The van der Waals surface area contributed by atoms with E-state index in [9.17, 15) is 9.00 Å². The summed E-state index contributed by atoms with van der Waals surface area (Å²) >= 11 is 5.81. The minimum atomic E-state index is -1.23. The van der Waals surface area contributed by atoms with Gasteiger partial charge in [0.1, 0.15) is 5.76 Å². The SMILES string of the molecule is CCN(CC)C(=O)c1ccc(C[S@@](=O)c2ccc(Cl)cc2)o1. The molecule has 1 aromatic carbocycles. The molecule has 0 saturated heterocycles. The van der Waals surface area contributed by atoms with Crippen LogP contribution in [0.2, 0.25) is 5.02 Å². The van der Waals surface area contributed by atoms with Gasteiger partial charge in [-0.1, -0.05) is 11.6 Å². The van der Waals surface area contributed by atoms with E-state index in [0.29, 0.717) is 28.8 Å². The Morgan fingerprint density at radius 2 is 1.77 bits per heavy atom. The van der Waals surface area contributed by atoms with Crippen LogP contribution < -0.4 is 0 Å². The molecule has 1 heterocycles. The summed E-state index contributed by atoms with van der Waals surface area (Å²) in [6.45, 7) is 5.09. The predicted molar refractivity (Wildman–Crippen MR) is 87.5 cm³/mol.